The van der Waals surface area contributed by atoms with Crippen LogP contribution >= 0.6 is 0 Å². The molecule has 1 fully saturated rings. The third-order valence-corrected chi connectivity index (χ3v) is 3.61. The highest BCUT2D eigenvalue weighted by Crippen LogP contribution is 2.28. The van der Waals surface area contributed by atoms with E-state index in [1.807, 2.05) is 44.2 Å². The molecule has 0 spiro atoms. The molecular formula is C15H22N2O3. The van der Waals surface area contributed by atoms with Crippen LogP contribution in [0.25, 0.3) is 0 Å². The smallest absolute Gasteiger partial charge is 0.247 e. The maximum absolute atomic E-state index is 12.6. The van der Waals surface area contributed by atoms with Crippen LogP contribution < -0.4 is 5.06 Å². The van der Waals surface area contributed by atoms with Crippen molar-refractivity contribution in [2.75, 3.05) is 24.8 Å². The molecule has 1 aliphatic rings. The number of aliphatic hydroxyl groups is 1. The number of nitrogens with zero attached hydrogens (tertiary/aromatic N) is 2. The molecule has 0 saturated carbocycles. The van der Waals surface area contributed by atoms with Gasteiger partial charge >= 0.3 is 0 Å². The molecule has 5 heteroatoms. The minimum absolute atomic E-state index is 0.0507. The largest absolute Gasteiger partial charge is 0.394 e. The number of benzene rings is 1. The molecule has 1 saturated heterocycles. The summed E-state index contributed by atoms with van der Waals surface area (Å²) in [4.78, 5) is 20.1. The van der Waals surface area contributed by atoms with Gasteiger partial charge in [-0.05, 0) is 26.0 Å². The maximum Gasteiger partial charge on any atom is 0.247 e. The summed E-state index contributed by atoms with van der Waals surface area (Å²) in [5.41, 5.74) is 0.842. The first-order valence-electron chi connectivity index (χ1n) is 7.11. The standard InChI is InChI=1S/C15H22N2O3/c1-3-16(4-2)15(19)14-10-13(11-18)20-17(14)12-8-6-5-7-9-12/h5-9,13-14,18H,3-4,10-11H2,1-2H3/t13-,14+/m1/s1. The van der Waals surface area contributed by atoms with Crippen molar-refractivity contribution in [2.24, 2.45) is 0 Å². The van der Waals surface area contributed by atoms with Gasteiger partial charge in [0.05, 0.1) is 12.3 Å². The first-order chi connectivity index (χ1) is 9.71. The summed E-state index contributed by atoms with van der Waals surface area (Å²) >= 11 is 0. The normalized spacial score (nSPS) is 22.1. The molecule has 1 aromatic rings. The summed E-state index contributed by atoms with van der Waals surface area (Å²) in [6.45, 7) is 5.21. The molecule has 1 N–H and O–H groups in total. The Morgan fingerprint density at radius 3 is 2.55 bits per heavy atom. The zero-order valence-corrected chi connectivity index (χ0v) is 12.0. The van der Waals surface area contributed by atoms with Crippen LogP contribution in [-0.2, 0) is 9.63 Å². The molecule has 0 unspecified atom stereocenters. The van der Waals surface area contributed by atoms with Crippen molar-refractivity contribution >= 4 is 11.6 Å². The Morgan fingerprint density at radius 2 is 2.00 bits per heavy atom. The molecule has 1 aliphatic heterocycles. The number of likely N-dealkylation sites (N-methyl/N-ethyl adjacent to an activating group) is 1. The average Bonchev–Trinajstić information content (AvgIpc) is 2.93. The number of amides is 1. The summed E-state index contributed by atoms with van der Waals surface area (Å²) in [5.74, 6) is 0.0507. The number of para-hydroxylation sites is 1. The van der Waals surface area contributed by atoms with Gasteiger partial charge in [-0.25, -0.2) is 5.06 Å². The van der Waals surface area contributed by atoms with E-state index in [0.29, 0.717) is 19.5 Å². The number of anilines is 1. The summed E-state index contributed by atoms with van der Waals surface area (Å²) in [7, 11) is 0. The Kier molecular flexibility index (Phi) is 4.98. The van der Waals surface area contributed by atoms with E-state index in [-0.39, 0.29) is 24.7 Å². The van der Waals surface area contributed by atoms with Gasteiger partial charge in [0.25, 0.3) is 0 Å². The van der Waals surface area contributed by atoms with E-state index in [0.717, 1.165) is 5.69 Å². The van der Waals surface area contributed by atoms with Gasteiger partial charge in [-0.15, -0.1) is 0 Å². The average molecular weight is 278 g/mol. The Labute approximate surface area is 119 Å². The number of hydrogen-bond acceptors (Lipinski definition) is 4. The molecule has 110 valence electrons. The first-order valence-corrected chi connectivity index (χ1v) is 7.11. The minimum Gasteiger partial charge on any atom is -0.394 e. The second kappa shape index (κ2) is 6.72. The third kappa shape index (κ3) is 2.94. The lowest BCUT2D eigenvalue weighted by Crippen LogP contribution is -2.45. The molecule has 1 heterocycles. The fraction of sp³-hybridized carbons (Fsp3) is 0.533. The summed E-state index contributed by atoms with van der Waals surface area (Å²) < 4.78 is 0. The van der Waals surface area contributed by atoms with Gasteiger partial charge in [0.15, 0.2) is 0 Å². The van der Waals surface area contributed by atoms with Crippen LogP contribution in [-0.4, -0.2) is 47.8 Å². The van der Waals surface area contributed by atoms with E-state index in [9.17, 15) is 9.90 Å². The molecule has 0 aliphatic carbocycles. The summed E-state index contributed by atoms with van der Waals surface area (Å²) in [6, 6.07) is 9.18. The minimum atomic E-state index is -0.366. The molecule has 0 radical (unpaired) electrons. The van der Waals surface area contributed by atoms with Crippen LogP contribution in [0.1, 0.15) is 20.3 Å². The van der Waals surface area contributed by atoms with E-state index in [1.165, 1.54) is 0 Å². The summed E-state index contributed by atoms with van der Waals surface area (Å²) in [6.07, 6.45) is 0.195. The molecule has 1 aromatic carbocycles. The van der Waals surface area contributed by atoms with Crippen LogP contribution in [0.4, 0.5) is 5.69 Å². The molecule has 0 bridgehead atoms. The van der Waals surface area contributed by atoms with Crippen molar-refractivity contribution in [3.05, 3.63) is 30.3 Å². The molecule has 2 atom stereocenters. The second-order valence-electron chi connectivity index (χ2n) is 4.83. The number of hydrogen-bond donors (Lipinski definition) is 1. The lowest BCUT2D eigenvalue weighted by Gasteiger charge is -2.28. The second-order valence-corrected chi connectivity index (χ2v) is 4.83. The van der Waals surface area contributed by atoms with Gasteiger partial charge in [0.1, 0.15) is 12.1 Å². The number of aliphatic hydroxyl groups excluding tert-OH is 1. The highest BCUT2D eigenvalue weighted by molar-refractivity contribution is 5.85. The van der Waals surface area contributed by atoms with Crippen LogP contribution in [0.3, 0.4) is 0 Å². The van der Waals surface area contributed by atoms with E-state index < -0.39 is 0 Å². The number of rotatable bonds is 5. The van der Waals surface area contributed by atoms with Crippen molar-refractivity contribution in [3.63, 3.8) is 0 Å². The van der Waals surface area contributed by atoms with Crippen LogP contribution in [0.2, 0.25) is 0 Å². The first kappa shape index (κ1) is 14.8. The Bertz CT molecular complexity index is 434. The van der Waals surface area contributed by atoms with Crippen molar-refractivity contribution in [1.82, 2.24) is 4.90 Å². The fourth-order valence-corrected chi connectivity index (χ4v) is 2.49. The molecule has 2 rings (SSSR count). The van der Waals surface area contributed by atoms with Gasteiger partial charge in [-0.1, -0.05) is 18.2 Å². The zero-order valence-electron chi connectivity index (χ0n) is 12.0. The highest BCUT2D eigenvalue weighted by atomic mass is 16.7. The van der Waals surface area contributed by atoms with Gasteiger partial charge in [0.2, 0.25) is 5.91 Å². The van der Waals surface area contributed by atoms with Crippen LogP contribution in [0, 0.1) is 0 Å². The number of carbonyl (C=O) groups is 1. The zero-order chi connectivity index (χ0) is 14.5. The van der Waals surface area contributed by atoms with E-state index in [4.69, 9.17) is 4.84 Å². The molecule has 1 amide bonds. The van der Waals surface area contributed by atoms with E-state index >= 15 is 0 Å². The molecular weight excluding hydrogens is 256 g/mol. The van der Waals surface area contributed by atoms with Crippen molar-refractivity contribution in [2.45, 2.75) is 32.4 Å². The van der Waals surface area contributed by atoms with Gasteiger partial charge in [0, 0.05) is 19.5 Å². The maximum atomic E-state index is 12.6. The molecule has 20 heavy (non-hydrogen) atoms. The number of hydroxylamine groups is 1. The number of carbonyl (C=O) groups excluding carboxylic acids is 1. The van der Waals surface area contributed by atoms with Crippen molar-refractivity contribution in [3.8, 4) is 0 Å². The lowest BCUT2D eigenvalue weighted by atomic mass is 10.1. The predicted molar refractivity (Wildman–Crippen MR) is 77.2 cm³/mol. The predicted octanol–water partition coefficient (Wildman–Crippen LogP) is 1.43. The Hall–Kier alpha value is -1.59. The van der Waals surface area contributed by atoms with Gasteiger partial charge < -0.3 is 10.0 Å². The fourth-order valence-electron chi connectivity index (χ4n) is 2.49. The van der Waals surface area contributed by atoms with Crippen molar-refractivity contribution < 1.29 is 14.7 Å². The molecule has 5 nitrogen and oxygen atoms in total. The lowest BCUT2D eigenvalue weighted by molar-refractivity contribution is -0.132. The Morgan fingerprint density at radius 1 is 1.35 bits per heavy atom. The SMILES string of the molecule is CCN(CC)C(=O)[C@@H]1C[C@H](CO)ON1c1ccccc1. The van der Waals surface area contributed by atoms with Gasteiger partial charge in [-0.2, -0.15) is 0 Å². The van der Waals surface area contributed by atoms with Gasteiger partial charge in [-0.3, -0.25) is 9.63 Å². The quantitative estimate of drug-likeness (QED) is 0.885. The monoisotopic (exact) mass is 278 g/mol. The highest BCUT2D eigenvalue weighted by Gasteiger charge is 2.39. The Balaban J connectivity index is 2.22. The van der Waals surface area contributed by atoms with E-state index in [1.54, 1.807) is 9.96 Å². The topological polar surface area (TPSA) is 53.0 Å². The molecule has 0 aromatic heterocycles. The van der Waals surface area contributed by atoms with Crippen molar-refractivity contribution in [1.29, 1.82) is 0 Å². The summed E-state index contributed by atoms with van der Waals surface area (Å²) in [5, 5.41) is 10.9. The van der Waals surface area contributed by atoms with Crippen LogP contribution in [0.5, 0.6) is 0 Å². The third-order valence-electron chi connectivity index (χ3n) is 3.61. The van der Waals surface area contributed by atoms with Crippen LogP contribution in [0.15, 0.2) is 30.3 Å². The van der Waals surface area contributed by atoms with E-state index in [2.05, 4.69) is 0 Å².